The molecule has 0 radical (unpaired) electrons. The van der Waals surface area contributed by atoms with E-state index in [1.807, 2.05) is 10.6 Å². The topological polar surface area (TPSA) is 52.2 Å². The molecule has 6 heteroatoms. The quantitative estimate of drug-likeness (QED) is 0.658. The van der Waals surface area contributed by atoms with Crippen LogP contribution in [0.2, 0.25) is 5.15 Å². The van der Waals surface area contributed by atoms with Gasteiger partial charge in [0, 0.05) is 24.5 Å². The molecule has 0 aromatic carbocycles. The van der Waals surface area contributed by atoms with Gasteiger partial charge in [-0.15, -0.1) is 0 Å². The van der Waals surface area contributed by atoms with Crippen molar-refractivity contribution in [3.63, 3.8) is 0 Å². The first-order chi connectivity index (χ1) is 8.74. The van der Waals surface area contributed by atoms with Gasteiger partial charge in [-0.1, -0.05) is 17.7 Å². The third-order valence-corrected chi connectivity index (χ3v) is 2.89. The molecule has 0 atom stereocenters. The fraction of sp³-hybridized carbons (Fsp3) is 0.0833. The molecule has 90 valence electrons. The van der Waals surface area contributed by atoms with Crippen LogP contribution < -0.4 is 5.56 Å². The lowest BCUT2D eigenvalue weighted by atomic mass is 10.3. The molecule has 0 aliphatic heterocycles. The van der Waals surface area contributed by atoms with Crippen molar-refractivity contribution in [3.05, 3.63) is 63.9 Å². The second-order valence-electron chi connectivity index (χ2n) is 3.87. The van der Waals surface area contributed by atoms with Gasteiger partial charge < -0.3 is 4.57 Å². The number of rotatable bonds is 2. The van der Waals surface area contributed by atoms with Crippen LogP contribution >= 0.6 is 11.6 Å². The summed E-state index contributed by atoms with van der Waals surface area (Å²) >= 11 is 5.74. The number of hydrogen-bond donors (Lipinski definition) is 0. The lowest BCUT2D eigenvalue weighted by Gasteiger charge is -2.08. The van der Waals surface area contributed by atoms with Crippen molar-refractivity contribution in [1.29, 1.82) is 0 Å². The number of halogens is 1. The van der Waals surface area contributed by atoms with Crippen molar-refractivity contribution in [2.45, 2.75) is 6.54 Å². The van der Waals surface area contributed by atoms with E-state index in [4.69, 9.17) is 11.6 Å². The van der Waals surface area contributed by atoms with Crippen LogP contribution in [0.3, 0.4) is 0 Å². The van der Waals surface area contributed by atoms with Crippen molar-refractivity contribution in [1.82, 2.24) is 19.2 Å². The maximum atomic E-state index is 11.5. The molecule has 18 heavy (non-hydrogen) atoms. The monoisotopic (exact) mass is 260 g/mol. The Hall–Kier alpha value is -2.14. The van der Waals surface area contributed by atoms with E-state index in [1.165, 1.54) is 10.6 Å². The summed E-state index contributed by atoms with van der Waals surface area (Å²) in [5.74, 6) is 0. The third kappa shape index (κ3) is 1.89. The van der Waals surface area contributed by atoms with Crippen LogP contribution in [0.1, 0.15) is 5.56 Å². The molecule has 0 spiro atoms. The van der Waals surface area contributed by atoms with Crippen molar-refractivity contribution in [2.75, 3.05) is 0 Å². The maximum absolute atomic E-state index is 11.5. The van der Waals surface area contributed by atoms with Gasteiger partial charge >= 0.3 is 0 Å². The molecule has 3 rings (SSSR count). The van der Waals surface area contributed by atoms with E-state index in [1.54, 1.807) is 30.7 Å². The number of pyridine rings is 1. The van der Waals surface area contributed by atoms with E-state index >= 15 is 0 Å². The van der Waals surface area contributed by atoms with E-state index in [2.05, 4.69) is 10.1 Å². The van der Waals surface area contributed by atoms with E-state index < -0.39 is 0 Å². The Morgan fingerprint density at radius 3 is 2.89 bits per heavy atom. The molecule has 0 bridgehead atoms. The minimum absolute atomic E-state index is 0.138. The predicted octanol–water partition coefficient (Wildman–Crippen LogP) is 1.59. The van der Waals surface area contributed by atoms with Gasteiger partial charge in [0.15, 0.2) is 0 Å². The highest BCUT2D eigenvalue weighted by Crippen LogP contribution is 2.08. The molecule has 5 nitrogen and oxygen atoms in total. The largest absolute Gasteiger partial charge is 0.328 e. The normalized spacial score (nSPS) is 10.9. The molecule has 0 aliphatic rings. The molecular weight excluding hydrogens is 252 g/mol. The number of fused-ring (bicyclic) bond motifs is 1. The van der Waals surface area contributed by atoms with Crippen LogP contribution in [0.25, 0.3) is 5.65 Å². The molecule has 0 N–H and O–H groups in total. The molecular formula is C12H9ClN4O. The van der Waals surface area contributed by atoms with Crippen LogP contribution in [0, 0.1) is 0 Å². The summed E-state index contributed by atoms with van der Waals surface area (Å²) in [7, 11) is 0. The summed E-state index contributed by atoms with van der Waals surface area (Å²) in [4.78, 5) is 15.6. The molecule has 0 saturated heterocycles. The van der Waals surface area contributed by atoms with Crippen LogP contribution in [0.15, 0.2) is 47.7 Å². The maximum Gasteiger partial charge on any atom is 0.274 e. The van der Waals surface area contributed by atoms with Crippen molar-refractivity contribution in [2.24, 2.45) is 0 Å². The van der Waals surface area contributed by atoms with Crippen molar-refractivity contribution < 1.29 is 0 Å². The highest BCUT2D eigenvalue weighted by molar-refractivity contribution is 6.29. The molecule has 3 aromatic heterocycles. The van der Waals surface area contributed by atoms with Crippen LogP contribution in [-0.2, 0) is 6.54 Å². The van der Waals surface area contributed by atoms with Crippen molar-refractivity contribution in [3.8, 4) is 0 Å². The molecule has 0 fully saturated rings. The van der Waals surface area contributed by atoms with E-state index in [-0.39, 0.29) is 5.56 Å². The minimum atomic E-state index is -0.138. The van der Waals surface area contributed by atoms with E-state index in [0.29, 0.717) is 11.7 Å². The Kier molecular flexibility index (Phi) is 2.60. The highest BCUT2D eigenvalue weighted by atomic mass is 35.5. The minimum Gasteiger partial charge on any atom is -0.328 e. The smallest absolute Gasteiger partial charge is 0.274 e. The Morgan fingerprint density at radius 2 is 2.11 bits per heavy atom. The van der Waals surface area contributed by atoms with Gasteiger partial charge in [0.2, 0.25) is 0 Å². The lowest BCUT2D eigenvalue weighted by Crippen LogP contribution is -2.17. The zero-order chi connectivity index (χ0) is 12.5. The van der Waals surface area contributed by atoms with Gasteiger partial charge in [0.05, 0.1) is 12.7 Å². The second-order valence-corrected chi connectivity index (χ2v) is 4.26. The summed E-state index contributed by atoms with van der Waals surface area (Å²) in [5, 5.41) is 4.45. The standard InChI is InChI=1S/C12H9ClN4O/c13-10-2-1-9(7-14-10)8-16-6-4-12(18)17-11(16)3-5-15-17/h1-7H,8H2. The number of hydrogen-bond acceptors (Lipinski definition) is 3. The van der Waals surface area contributed by atoms with Gasteiger partial charge in [-0.05, 0) is 11.6 Å². The Bertz CT molecular complexity index is 745. The number of aromatic nitrogens is 4. The summed E-state index contributed by atoms with van der Waals surface area (Å²) in [5.41, 5.74) is 1.61. The molecule has 0 saturated carbocycles. The summed E-state index contributed by atoms with van der Waals surface area (Å²) in [6.45, 7) is 0.611. The first-order valence-electron chi connectivity index (χ1n) is 5.38. The van der Waals surface area contributed by atoms with Gasteiger partial charge in [-0.3, -0.25) is 4.79 Å². The molecule has 0 unspecified atom stereocenters. The van der Waals surface area contributed by atoms with Crippen molar-refractivity contribution >= 4 is 17.2 Å². The Labute approximate surface area is 107 Å². The third-order valence-electron chi connectivity index (χ3n) is 2.66. The first-order valence-corrected chi connectivity index (χ1v) is 5.75. The van der Waals surface area contributed by atoms with Gasteiger partial charge in [0.25, 0.3) is 5.56 Å². The van der Waals surface area contributed by atoms with Gasteiger partial charge in [0.1, 0.15) is 10.8 Å². The second kappa shape index (κ2) is 4.27. The van der Waals surface area contributed by atoms with Gasteiger partial charge in [-0.2, -0.15) is 9.61 Å². The summed E-state index contributed by atoms with van der Waals surface area (Å²) in [6, 6.07) is 6.93. The zero-order valence-electron chi connectivity index (χ0n) is 9.32. The number of nitrogens with zero attached hydrogens (tertiary/aromatic N) is 4. The summed E-state index contributed by atoms with van der Waals surface area (Å²) < 4.78 is 3.29. The van der Waals surface area contributed by atoms with Crippen LogP contribution in [0.4, 0.5) is 0 Å². The summed E-state index contributed by atoms with van der Waals surface area (Å²) in [6.07, 6.45) is 5.06. The SMILES string of the molecule is O=c1ccn(Cc2ccc(Cl)nc2)c2ccnn12. The van der Waals surface area contributed by atoms with Crippen LogP contribution in [0.5, 0.6) is 0 Å². The lowest BCUT2D eigenvalue weighted by molar-refractivity contribution is 0.761. The van der Waals surface area contributed by atoms with Gasteiger partial charge in [-0.25, -0.2) is 4.98 Å². The highest BCUT2D eigenvalue weighted by Gasteiger charge is 2.03. The zero-order valence-corrected chi connectivity index (χ0v) is 10.1. The molecule has 0 amide bonds. The van der Waals surface area contributed by atoms with Crippen LogP contribution in [-0.4, -0.2) is 19.2 Å². The fourth-order valence-electron chi connectivity index (χ4n) is 1.81. The Morgan fingerprint density at radius 1 is 1.22 bits per heavy atom. The predicted molar refractivity (Wildman–Crippen MR) is 67.8 cm³/mol. The first kappa shape index (κ1) is 11.0. The molecule has 0 aliphatic carbocycles. The van der Waals surface area contributed by atoms with E-state index in [0.717, 1.165) is 11.2 Å². The Balaban J connectivity index is 2.05. The average molecular weight is 261 g/mol. The fourth-order valence-corrected chi connectivity index (χ4v) is 1.93. The average Bonchev–Trinajstić information content (AvgIpc) is 2.86. The molecule has 3 aromatic rings. The molecule has 3 heterocycles. The van der Waals surface area contributed by atoms with E-state index in [9.17, 15) is 4.79 Å².